The molecular weight excluding hydrogens is 368 g/mol. The van der Waals surface area contributed by atoms with Crippen molar-refractivity contribution in [1.29, 1.82) is 0 Å². The van der Waals surface area contributed by atoms with E-state index in [0.29, 0.717) is 11.1 Å². The third-order valence-electron chi connectivity index (χ3n) is 3.49. The third kappa shape index (κ3) is 3.40. The second kappa shape index (κ2) is 6.93. The molecule has 0 unspecified atom stereocenters. The molecule has 0 saturated heterocycles. The lowest BCUT2D eigenvalue weighted by molar-refractivity contribution is 0.102. The van der Waals surface area contributed by atoms with E-state index in [4.69, 9.17) is 11.6 Å². The van der Waals surface area contributed by atoms with Crippen molar-refractivity contribution >= 4 is 23.2 Å². The van der Waals surface area contributed by atoms with Crippen LogP contribution in [0.1, 0.15) is 10.4 Å². The molecule has 1 heterocycles. The number of hydrogen-bond acceptors (Lipinski definition) is 3. The van der Waals surface area contributed by atoms with Gasteiger partial charge in [-0.15, -0.1) is 0 Å². The number of carbonyl (C=O) groups is 1. The van der Waals surface area contributed by atoms with Crippen LogP contribution in [0.3, 0.4) is 0 Å². The van der Waals surface area contributed by atoms with Gasteiger partial charge in [0.15, 0.2) is 0 Å². The zero-order valence-electron chi connectivity index (χ0n) is 12.9. The predicted octanol–water partition coefficient (Wildman–Crippen LogP) is 2.71. The summed E-state index contributed by atoms with van der Waals surface area (Å²) in [6, 6.07) is 8.38. The molecule has 0 fully saturated rings. The third-order valence-corrected chi connectivity index (χ3v) is 3.74. The molecule has 2 N–H and O–H groups in total. The Labute approximate surface area is 149 Å². The fourth-order valence-corrected chi connectivity index (χ4v) is 2.37. The Hall–Kier alpha value is -3.26. The fraction of sp³-hybridized carbons (Fsp3) is 0. The largest absolute Gasteiger partial charge is 0.333 e. The first-order valence-corrected chi connectivity index (χ1v) is 7.61. The highest BCUT2D eigenvalue weighted by molar-refractivity contribution is 6.30. The number of amides is 1. The second-order valence-electron chi connectivity index (χ2n) is 5.20. The smallest absolute Gasteiger partial charge is 0.319 e. The number of hydrogen-bond donors (Lipinski definition) is 2. The number of nitrogens with zero attached hydrogens (tertiary/aromatic N) is 1. The van der Waals surface area contributed by atoms with E-state index in [2.05, 4.69) is 10.3 Å². The highest BCUT2D eigenvalue weighted by atomic mass is 35.5. The maximum Gasteiger partial charge on any atom is 0.333 e. The molecule has 0 spiro atoms. The topological polar surface area (TPSA) is 84.0 Å². The fourth-order valence-electron chi connectivity index (χ4n) is 2.24. The average Bonchev–Trinajstić information content (AvgIpc) is 2.59. The first-order chi connectivity index (χ1) is 12.4. The molecule has 3 aromatic rings. The van der Waals surface area contributed by atoms with E-state index in [1.807, 2.05) is 0 Å². The van der Waals surface area contributed by atoms with E-state index in [1.165, 1.54) is 24.3 Å². The molecule has 0 aliphatic heterocycles. The zero-order chi connectivity index (χ0) is 18.8. The molecule has 0 aliphatic rings. The van der Waals surface area contributed by atoms with Crippen molar-refractivity contribution in [2.24, 2.45) is 0 Å². The van der Waals surface area contributed by atoms with Crippen molar-refractivity contribution in [3.8, 4) is 5.69 Å². The predicted molar refractivity (Wildman–Crippen MR) is 92.0 cm³/mol. The van der Waals surface area contributed by atoms with Crippen LogP contribution in [0.2, 0.25) is 5.02 Å². The second-order valence-corrected chi connectivity index (χ2v) is 5.64. The molecule has 0 aliphatic carbocycles. The number of anilines is 1. The molecule has 132 valence electrons. The van der Waals surface area contributed by atoms with Crippen LogP contribution in [0.25, 0.3) is 5.69 Å². The molecule has 0 saturated carbocycles. The highest BCUT2D eigenvalue weighted by Crippen LogP contribution is 2.15. The maximum atomic E-state index is 13.7. The van der Waals surface area contributed by atoms with E-state index in [-0.39, 0.29) is 11.4 Å². The van der Waals surface area contributed by atoms with Crippen molar-refractivity contribution in [2.75, 3.05) is 5.32 Å². The summed E-state index contributed by atoms with van der Waals surface area (Å²) in [4.78, 5) is 39.1. The van der Waals surface area contributed by atoms with E-state index < -0.39 is 34.4 Å². The van der Waals surface area contributed by atoms with Gasteiger partial charge in [0.05, 0.1) is 11.4 Å². The highest BCUT2D eigenvalue weighted by Gasteiger charge is 2.17. The Kier molecular flexibility index (Phi) is 4.68. The summed E-state index contributed by atoms with van der Waals surface area (Å²) in [5, 5.41) is 2.57. The van der Waals surface area contributed by atoms with Gasteiger partial charge in [0.2, 0.25) is 0 Å². The quantitative estimate of drug-likeness (QED) is 0.736. The Bertz CT molecular complexity index is 1110. The van der Waals surface area contributed by atoms with Crippen molar-refractivity contribution in [3.63, 3.8) is 0 Å². The van der Waals surface area contributed by atoms with Gasteiger partial charge in [-0.2, -0.15) is 0 Å². The number of carbonyl (C=O) groups excluding carboxylic acids is 1. The average molecular weight is 378 g/mol. The molecule has 0 atom stereocenters. The Balaban J connectivity index is 2.02. The standard InChI is InChI=1S/C17H10ClF2N3O3/c18-9-1-4-11(5-2-9)23-16(25)12(8-21-17(23)26)15(24)22-14-6-3-10(19)7-13(14)20/h1-8H,(H,21,26)(H,22,24). The monoisotopic (exact) mass is 377 g/mol. The molecule has 0 radical (unpaired) electrons. The summed E-state index contributed by atoms with van der Waals surface area (Å²) in [5.41, 5.74) is -2.20. The number of halogens is 3. The first kappa shape index (κ1) is 17.6. The first-order valence-electron chi connectivity index (χ1n) is 7.24. The van der Waals surface area contributed by atoms with Crippen molar-refractivity contribution in [1.82, 2.24) is 9.55 Å². The van der Waals surface area contributed by atoms with Gasteiger partial charge in [0.25, 0.3) is 11.5 Å². The summed E-state index contributed by atoms with van der Waals surface area (Å²) in [7, 11) is 0. The normalized spacial score (nSPS) is 10.6. The number of rotatable bonds is 3. The van der Waals surface area contributed by atoms with Crippen LogP contribution in [0.4, 0.5) is 14.5 Å². The molecular formula is C17H10ClF2N3O3. The minimum Gasteiger partial charge on any atom is -0.319 e. The number of H-pyrrole nitrogens is 1. The lowest BCUT2D eigenvalue weighted by atomic mass is 10.2. The Morgan fingerprint density at radius 1 is 1.08 bits per heavy atom. The summed E-state index contributed by atoms with van der Waals surface area (Å²) in [6.07, 6.45) is 0.924. The molecule has 3 rings (SSSR count). The van der Waals surface area contributed by atoms with Crippen LogP contribution in [0.5, 0.6) is 0 Å². The minimum atomic E-state index is -0.999. The summed E-state index contributed by atoms with van der Waals surface area (Å²) >= 11 is 5.78. The molecule has 1 amide bonds. The molecule has 1 aromatic heterocycles. The number of benzene rings is 2. The SMILES string of the molecule is O=C(Nc1ccc(F)cc1F)c1c[nH]c(=O)n(-c2ccc(Cl)cc2)c1=O. The lowest BCUT2D eigenvalue weighted by Gasteiger charge is -2.09. The number of aromatic nitrogens is 2. The molecule has 26 heavy (non-hydrogen) atoms. The van der Waals surface area contributed by atoms with Crippen LogP contribution in [-0.4, -0.2) is 15.5 Å². The molecule has 0 bridgehead atoms. The van der Waals surface area contributed by atoms with Crippen LogP contribution in [0, 0.1) is 11.6 Å². The summed E-state index contributed by atoms with van der Waals surface area (Å²) in [6.45, 7) is 0. The van der Waals surface area contributed by atoms with Gasteiger partial charge < -0.3 is 10.3 Å². The van der Waals surface area contributed by atoms with Crippen molar-refractivity contribution in [3.05, 3.63) is 91.7 Å². The van der Waals surface area contributed by atoms with Gasteiger partial charge in [-0.05, 0) is 36.4 Å². The van der Waals surface area contributed by atoms with Crippen LogP contribution in [0.15, 0.2) is 58.3 Å². The van der Waals surface area contributed by atoms with Gasteiger partial charge in [-0.1, -0.05) is 11.6 Å². The van der Waals surface area contributed by atoms with Crippen molar-refractivity contribution in [2.45, 2.75) is 0 Å². The van der Waals surface area contributed by atoms with E-state index in [9.17, 15) is 23.2 Å². The van der Waals surface area contributed by atoms with E-state index in [1.54, 1.807) is 0 Å². The van der Waals surface area contributed by atoms with Crippen molar-refractivity contribution < 1.29 is 13.6 Å². The summed E-state index contributed by atoms with van der Waals surface area (Å²) < 4.78 is 27.3. The van der Waals surface area contributed by atoms with Crippen LogP contribution >= 0.6 is 11.6 Å². The maximum absolute atomic E-state index is 13.7. The molecule has 6 nitrogen and oxygen atoms in total. The van der Waals surface area contributed by atoms with Gasteiger partial charge >= 0.3 is 5.69 Å². The minimum absolute atomic E-state index is 0.197. The number of nitrogens with one attached hydrogen (secondary N) is 2. The van der Waals surface area contributed by atoms with Gasteiger partial charge in [-0.25, -0.2) is 18.1 Å². The van der Waals surface area contributed by atoms with Gasteiger partial charge in [0.1, 0.15) is 17.2 Å². The van der Waals surface area contributed by atoms with E-state index >= 15 is 0 Å². The molecule has 2 aromatic carbocycles. The Morgan fingerprint density at radius 3 is 2.42 bits per heavy atom. The number of aromatic amines is 1. The lowest BCUT2D eigenvalue weighted by Crippen LogP contribution is -2.38. The van der Waals surface area contributed by atoms with Crippen LogP contribution < -0.4 is 16.6 Å². The van der Waals surface area contributed by atoms with Crippen LogP contribution in [-0.2, 0) is 0 Å². The van der Waals surface area contributed by atoms with Gasteiger partial charge in [0, 0.05) is 17.3 Å². The van der Waals surface area contributed by atoms with Gasteiger partial charge in [-0.3, -0.25) is 9.59 Å². The molecule has 9 heteroatoms. The summed E-state index contributed by atoms with van der Waals surface area (Å²) in [5.74, 6) is -2.77. The Morgan fingerprint density at radius 2 is 1.77 bits per heavy atom. The zero-order valence-corrected chi connectivity index (χ0v) is 13.7. The van der Waals surface area contributed by atoms with E-state index in [0.717, 1.165) is 22.9 Å².